The minimum Gasteiger partial charge on any atom is -0.497 e. The molecule has 21 heavy (non-hydrogen) atoms. The van der Waals surface area contributed by atoms with Crippen molar-refractivity contribution in [2.24, 2.45) is 0 Å². The van der Waals surface area contributed by atoms with E-state index in [-0.39, 0.29) is 6.04 Å². The topological polar surface area (TPSA) is 21.3 Å². The van der Waals surface area contributed by atoms with Crippen LogP contribution in [0.2, 0.25) is 5.02 Å². The fourth-order valence-electron chi connectivity index (χ4n) is 2.31. The largest absolute Gasteiger partial charge is 0.497 e. The first kappa shape index (κ1) is 16.3. The molecule has 1 unspecified atom stereocenters. The van der Waals surface area contributed by atoms with Crippen molar-refractivity contribution in [2.75, 3.05) is 14.2 Å². The fraction of sp³-hybridized carbons (Fsp3) is 0.294. The highest BCUT2D eigenvalue weighted by molar-refractivity contribution is 9.10. The third kappa shape index (κ3) is 4.47. The van der Waals surface area contributed by atoms with Crippen LogP contribution in [0.4, 0.5) is 0 Å². The molecule has 0 aliphatic heterocycles. The van der Waals surface area contributed by atoms with Crippen LogP contribution in [-0.4, -0.2) is 14.2 Å². The summed E-state index contributed by atoms with van der Waals surface area (Å²) in [4.78, 5) is 0. The molecular formula is C17H19BrClNO. The second-order valence-electron chi connectivity index (χ2n) is 4.90. The van der Waals surface area contributed by atoms with Crippen LogP contribution in [0.3, 0.4) is 0 Å². The van der Waals surface area contributed by atoms with Gasteiger partial charge in [0.05, 0.1) is 12.1 Å². The molecule has 2 aromatic rings. The summed E-state index contributed by atoms with van der Waals surface area (Å²) in [6, 6.07) is 14.6. The van der Waals surface area contributed by atoms with E-state index in [0.717, 1.165) is 28.1 Å². The summed E-state index contributed by atoms with van der Waals surface area (Å²) >= 11 is 9.60. The summed E-state index contributed by atoms with van der Waals surface area (Å²) < 4.78 is 6.11. The SMILES string of the molecule is CNC(CCc1ccc(OC)cc1)c1ccc(Br)c(Cl)c1. The van der Waals surface area contributed by atoms with Crippen molar-refractivity contribution in [1.82, 2.24) is 5.32 Å². The van der Waals surface area contributed by atoms with Crippen LogP contribution < -0.4 is 10.1 Å². The normalized spacial score (nSPS) is 12.2. The lowest BCUT2D eigenvalue weighted by atomic mass is 9.99. The minimum atomic E-state index is 0.290. The van der Waals surface area contributed by atoms with Crippen molar-refractivity contribution in [2.45, 2.75) is 18.9 Å². The number of benzene rings is 2. The predicted molar refractivity (Wildman–Crippen MR) is 92.3 cm³/mol. The Morgan fingerprint density at radius 1 is 1.19 bits per heavy atom. The number of hydrogen-bond acceptors (Lipinski definition) is 2. The zero-order valence-electron chi connectivity index (χ0n) is 12.2. The zero-order chi connectivity index (χ0) is 15.2. The van der Waals surface area contributed by atoms with Crippen LogP contribution in [-0.2, 0) is 6.42 Å². The summed E-state index contributed by atoms with van der Waals surface area (Å²) in [7, 11) is 3.66. The molecular weight excluding hydrogens is 350 g/mol. The van der Waals surface area contributed by atoms with Gasteiger partial charge in [-0.15, -0.1) is 0 Å². The highest BCUT2D eigenvalue weighted by Gasteiger charge is 2.11. The number of hydrogen-bond donors (Lipinski definition) is 1. The van der Waals surface area contributed by atoms with Crippen molar-refractivity contribution < 1.29 is 4.74 Å². The summed E-state index contributed by atoms with van der Waals surface area (Å²) in [6.45, 7) is 0. The van der Waals surface area contributed by atoms with Gasteiger partial charge in [0.15, 0.2) is 0 Å². The predicted octanol–water partition coefficient (Wildman–Crippen LogP) is 5.00. The summed E-state index contributed by atoms with van der Waals surface area (Å²) in [6.07, 6.45) is 2.02. The molecule has 112 valence electrons. The van der Waals surface area contributed by atoms with Crippen LogP contribution in [0.25, 0.3) is 0 Å². The van der Waals surface area contributed by atoms with Crippen LogP contribution >= 0.6 is 27.5 Å². The Balaban J connectivity index is 2.02. The molecule has 0 bridgehead atoms. The third-order valence-corrected chi connectivity index (χ3v) is 4.81. The maximum absolute atomic E-state index is 6.18. The molecule has 0 spiro atoms. The van der Waals surface area contributed by atoms with Crippen LogP contribution in [0.1, 0.15) is 23.6 Å². The van der Waals surface area contributed by atoms with E-state index in [1.807, 2.05) is 31.3 Å². The first-order valence-corrected chi connectivity index (χ1v) is 8.06. The van der Waals surface area contributed by atoms with Gasteiger partial charge < -0.3 is 10.1 Å². The maximum Gasteiger partial charge on any atom is 0.118 e. The first-order valence-electron chi connectivity index (χ1n) is 6.89. The minimum absolute atomic E-state index is 0.290. The molecule has 2 aromatic carbocycles. The van der Waals surface area contributed by atoms with Crippen molar-refractivity contribution in [3.8, 4) is 5.75 Å². The van der Waals surface area contributed by atoms with Gasteiger partial charge in [-0.3, -0.25) is 0 Å². The lowest BCUT2D eigenvalue weighted by Gasteiger charge is -2.17. The van der Waals surface area contributed by atoms with Crippen molar-refractivity contribution in [3.05, 3.63) is 63.1 Å². The Kier molecular flexibility index (Phi) is 6.09. The number of ether oxygens (including phenoxy) is 1. The van der Waals surface area contributed by atoms with Gasteiger partial charge in [0.2, 0.25) is 0 Å². The third-order valence-electron chi connectivity index (χ3n) is 3.58. The van der Waals surface area contributed by atoms with E-state index in [4.69, 9.17) is 16.3 Å². The standard InChI is InChI=1S/C17H19BrClNO/c1-20-17(13-6-9-15(18)16(19)11-13)10-5-12-3-7-14(21-2)8-4-12/h3-4,6-9,11,17,20H,5,10H2,1-2H3. The quantitative estimate of drug-likeness (QED) is 0.774. The molecule has 2 nitrogen and oxygen atoms in total. The number of methoxy groups -OCH3 is 1. The maximum atomic E-state index is 6.18. The Bertz CT molecular complexity index is 586. The molecule has 0 aliphatic carbocycles. The molecule has 0 aliphatic rings. The van der Waals surface area contributed by atoms with Gasteiger partial charge in [0.1, 0.15) is 5.75 Å². The van der Waals surface area contributed by atoms with Crippen molar-refractivity contribution >= 4 is 27.5 Å². The van der Waals surface area contributed by atoms with E-state index >= 15 is 0 Å². The lowest BCUT2D eigenvalue weighted by Crippen LogP contribution is -2.17. The molecule has 0 amide bonds. The molecule has 0 aromatic heterocycles. The van der Waals surface area contributed by atoms with Crippen molar-refractivity contribution in [1.29, 1.82) is 0 Å². The average molecular weight is 369 g/mol. The van der Waals surface area contributed by atoms with E-state index in [0.29, 0.717) is 0 Å². The summed E-state index contributed by atoms with van der Waals surface area (Å²) in [5.74, 6) is 0.892. The Hall–Kier alpha value is -1.03. The van der Waals surface area contributed by atoms with Crippen LogP contribution in [0, 0.1) is 0 Å². The number of nitrogens with one attached hydrogen (secondary N) is 1. The molecule has 0 radical (unpaired) electrons. The number of rotatable bonds is 6. The highest BCUT2D eigenvalue weighted by Crippen LogP contribution is 2.28. The Morgan fingerprint density at radius 3 is 2.48 bits per heavy atom. The molecule has 0 saturated heterocycles. The van der Waals surface area contributed by atoms with Gasteiger partial charge in [-0.2, -0.15) is 0 Å². The second kappa shape index (κ2) is 7.83. The van der Waals surface area contributed by atoms with E-state index in [2.05, 4.69) is 39.4 Å². The fourth-order valence-corrected chi connectivity index (χ4v) is 2.75. The molecule has 0 heterocycles. The molecule has 4 heteroatoms. The van der Waals surface area contributed by atoms with E-state index in [1.54, 1.807) is 7.11 Å². The Labute approximate surface area is 139 Å². The lowest BCUT2D eigenvalue weighted by molar-refractivity contribution is 0.414. The molecule has 0 fully saturated rings. The molecule has 1 N–H and O–H groups in total. The van der Waals surface area contributed by atoms with Gasteiger partial charge in [0.25, 0.3) is 0 Å². The van der Waals surface area contributed by atoms with E-state index in [1.165, 1.54) is 11.1 Å². The summed E-state index contributed by atoms with van der Waals surface area (Å²) in [5.41, 5.74) is 2.51. The van der Waals surface area contributed by atoms with Crippen LogP contribution in [0.15, 0.2) is 46.9 Å². The van der Waals surface area contributed by atoms with Gasteiger partial charge in [-0.05, 0) is 71.2 Å². The second-order valence-corrected chi connectivity index (χ2v) is 6.16. The van der Waals surface area contributed by atoms with E-state index in [9.17, 15) is 0 Å². The smallest absolute Gasteiger partial charge is 0.118 e. The number of aryl methyl sites for hydroxylation is 1. The molecule has 0 saturated carbocycles. The monoisotopic (exact) mass is 367 g/mol. The van der Waals surface area contributed by atoms with E-state index < -0.39 is 0 Å². The van der Waals surface area contributed by atoms with Crippen molar-refractivity contribution in [3.63, 3.8) is 0 Å². The van der Waals surface area contributed by atoms with Gasteiger partial charge >= 0.3 is 0 Å². The highest BCUT2D eigenvalue weighted by atomic mass is 79.9. The van der Waals surface area contributed by atoms with Gasteiger partial charge in [-0.25, -0.2) is 0 Å². The van der Waals surface area contributed by atoms with Crippen LogP contribution in [0.5, 0.6) is 5.75 Å². The average Bonchev–Trinajstić information content (AvgIpc) is 2.52. The Morgan fingerprint density at radius 2 is 1.90 bits per heavy atom. The zero-order valence-corrected chi connectivity index (χ0v) is 14.5. The summed E-state index contributed by atoms with van der Waals surface area (Å²) in [5, 5.41) is 4.11. The first-order chi connectivity index (χ1) is 10.1. The molecule has 2 rings (SSSR count). The molecule has 1 atom stereocenters. The number of halogens is 2. The van der Waals surface area contributed by atoms with Gasteiger partial charge in [-0.1, -0.05) is 29.8 Å². The van der Waals surface area contributed by atoms with Gasteiger partial charge in [0, 0.05) is 10.5 Å².